The molecule has 0 aromatic carbocycles. The SMILES string of the molecule is CC(Cl)CC(C)Nc1ncnc2c1cnn2C. The maximum Gasteiger partial charge on any atom is 0.163 e. The Kier molecular flexibility index (Phi) is 3.47. The maximum atomic E-state index is 5.97. The number of hydrogen-bond acceptors (Lipinski definition) is 4. The van der Waals surface area contributed by atoms with Gasteiger partial charge in [-0.25, -0.2) is 9.97 Å². The molecule has 1 N–H and O–H groups in total. The van der Waals surface area contributed by atoms with Gasteiger partial charge in [0.25, 0.3) is 0 Å². The highest BCUT2D eigenvalue weighted by Crippen LogP contribution is 2.19. The Morgan fingerprint density at radius 1 is 1.41 bits per heavy atom. The first kappa shape index (κ1) is 12.1. The number of aromatic nitrogens is 4. The number of anilines is 1. The van der Waals surface area contributed by atoms with E-state index in [0.29, 0.717) is 0 Å². The van der Waals surface area contributed by atoms with Crippen LogP contribution in [0.15, 0.2) is 12.5 Å². The van der Waals surface area contributed by atoms with E-state index in [2.05, 4.69) is 27.3 Å². The number of hydrogen-bond donors (Lipinski definition) is 1. The first-order valence-electron chi connectivity index (χ1n) is 5.61. The van der Waals surface area contributed by atoms with Gasteiger partial charge in [0.05, 0.1) is 11.6 Å². The maximum absolute atomic E-state index is 5.97. The van der Waals surface area contributed by atoms with Crippen LogP contribution in [0.4, 0.5) is 5.82 Å². The molecule has 0 radical (unpaired) electrons. The zero-order valence-electron chi connectivity index (χ0n) is 10.2. The van der Waals surface area contributed by atoms with Crippen LogP contribution in [0.3, 0.4) is 0 Å². The van der Waals surface area contributed by atoms with Crippen LogP contribution in [0, 0.1) is 0 Å². The predicted molar refractivity (Wildman–Crippen MR) is 69.3 cm³/mol. The third-order valence-electron chi connectivity index (χ3n) is 2.59. The minimum atomic E-state index is 0.142. The zero-order chi connectivity index (χ0) is 12.4. The molecule has 0 spiro atoms. The van der Waals surface area contributed by atoms with Gasteiger partial charge in [-0.3, -0.25) is 4.68 Å². The summed E-state index contributed by atoms with van der Waals surface area (Å²) >= 11 is 5.97. The number of halogens is 1. The summed E-state index contributed by atoms with van der Waals surface area (Å²) in [6.45, 7) is 4.07. The van der Waals surface area contributed by atoms with Crippen LogP contribution in [-0.2, 0) is 7.05 Å². The average Bonchev–Trinajstić information content (AvgIpc) is 2.61. The second-order valence-electron chi connectivity index (χ2n) is 4.29. The molecule has 2 heterocycles. The molecule has 0 saturated carbocycles. The van der Waals surface area contributed by atoms with Crippen molar-refractivity contribution in [2.45, 2.75) is 31.7 Å². The highest BCUT2D eigenvalue weighted by molar-refractivity contribution is 6.20. The third-order valence-corrected chi connectivity index (χ3v) is 2.77. The van der Waals surface area contributed by atoms with Crippen LogP contribution in [0.5, 0.6) is 0 Å². The van der Waals surface area contributed by atoms with Gasteiger partial charge in [0, 0.05) is 18.5 Å². The summed E-state index contributed by atoms with van der Waals surface area (Å²) in [5.74, 6) is 0.813. The lowest BCUT2D eigenvalue weighted by atomic mass is 10.2. The van der Waals surface area contributed by atoms with Crippen molar-refractivity contribution in [3.8, 4) is 0 Å². The zero-order valence-corrected chi connectivity index (χ0v) is 10.9. The van der Waals surface area contributed by atoms with Gasteiger partial charge in [0.1, 0.15) is 12.1 Å². The molecule has 2 atom stereocenters. The lowest BCUT2D eigenvalue weighted by molar-refractivity contribution is 0.694. The van der Waals surface area contributed by atoms with Crippen molar-refractivity contribution >= 4 is 28.5 Å². The number of nitrogens with zero attached hydrogens (tertiary/aromatic N) is 4. The summed E-state index contributed by atoms with van der Waals surface area (Å²) in [6.07, 6.45) is 4.20. The molecule has 2 aromatic heterocycles. The Labute approximate surface area is 105 Å². The normalized spacial score (nSPS) is 14.8. The van der Waals surface area contributed by atoms with Crippen molar-refractivity contribution in [3.05, 3.63) is 12.5 Å². The number of nitrogens with one attached hydrogen (secondary N) is 1. The molecule has 2 aromatic rings. The molecule has 0 aliphatic heterocycles. The standard InChI is InChI=1S/C11H16ClN5/c1-7(12)4-8(2)16-10-9-5-15-17(3)11(9)14-6-13-10/h5-8H,4H2,1-3H3,(H,13,14,16). The van der Waals surface area contributed by atoms with E-state index >= 15 is 0 Å². The topological polar surface area (TPSA) is 55.6 Å². The Balaban J connectivity index is 2.24. The van der Waals surface area contributed by atoms with Gasteiger partial charge >= 0.3 is 0 Å². The van der Waals surface area contributed by atoms with Crippen molar-refractivity contribution in [2.24, 2.45) is 7.05 Å². The fraction of sp³-hybridized carbons (Fsp3) is 0.545. The molecule has 0 amide bonds. The van der Waals surface area contributed by atoms with Crippen LogP contribution in [0.1, 0.15) is 20.3 Å². The van der Waals surface area contributed by atoms with Crippen LogP contribution in [0.25, 0.3) is 11.0 Å². The molecular weight excluding hydrogens is 238 g/mol. The summed E-state index contributed by atoms with van der Waals surface area (Å²) < 4.78 is 1.73. The summed E-state index contributed by atoms with van der Waals surface area (Å²) in [6, 6.07) is 0.265. The smallest absolute Gasteiger partial charge is 0.163 e. The van der Waals surface area contributed by atoms with Crippen LogP contribution in [-0.4, -0.2) is 31.2 Å². The Morgan fingerprint density at radius 2 is 2.18 bits per heavy atom. The molecule has 0 bridgehead atoms. The van der Waals surface area contributed by atoms with Gasteiger partial charge in [-0.05, 0) is 20.3 Å². The Hall–Kier alpha value is -1.36. The molecule has 0 aliphatic rings. The van der Waals surface area contributed by atoms with E-state index in [0.717, 1.165) is 23.3 Å². The average molecular weight is 254 g/mol. The fourth-order valence-corrected chi connectivity index (χ4v) is 2.12. The van der Waals surface area contributed by atoms with Crippen molar-refractivity contribution in [2.75, 3.05) is 5.32 Å². The van der Waals surface area contributed by atoms with Crippen LogP contribution < -0.4 is 5.32 Å². The van der Waals surface area contributed by atoms with Crippen molar-refractivity contribution in [1.29, 1.82) is 0 Å². The largest absolute Gasteiger partial charge is 0.367 e. The van der Waals surface area contributed by atoms with E-state index in [1.165, 1.54) is 0 Å². The lowest BCUT2D eigenvalue weighted by Crippen LogP contribution is -2.19. The fourth-order valence-electron chi connectivity index (χ4n) is 1.86. The van der Waals surface area contributed by atoms with Crippen molar-refractivity contribution < 1.29 is 0 Å². The summed E-state index contributed by atoms with van der Waals surface area (Å²) in [7, 11) is 1.86. The third kappa shape index (κ3) is 2.66. The number of alkyl halides is 1. The molecule has 0 fully saturated rings. The highest BCUT2D eigenvalue weighted by Gasteiger charge is 2.11. The van der Waals surface area contributed by atoms with E-state index in [1.807, 2.05) is 14.0 Å². The van der Waals surface area contributed by atoms with E-state index in [1.54, 1.807) is 17.2 Å². The van der Waals surface area contributed by atoms with E-state index in [4.69, 9.17) is 11.6 Å². The molecule has 92 valence electrons. The minimum absolute atomic E-state index is 0.142. The van der Waals surface area contributed by atoms with Gasteiger partial charge in [-0.1, -0.05) is 0 Å². The predicted octanol–water partition coefficient (Wildman–Crippen LogP) is 2.18. The van der Waals surface area contributed by atoms with E-state index < -0.39 is 0 Å². The van der Waals surface area contributed by atoms with Crippen molar-refractivity contribution in [1.82, 2.24) is 19.7 Å². The molecule has 0 saturated heterocycles. The van der Waals surface area contributed by atoms with Gasteiger partial charge in [-0.15, -0.1) is 11.6 Å². The monoisotopic (exact) mass is 253 g/mol. The molecule has 6 heteroatoms. The Bertz CT molecular complexity index is 508. The van der Waals surface area contributed by atoms with E-state index in [9.17, 15) is 0 Å². The second-order valence-corrected chi connectivity index (χ2v) is 5.03. The molecule has 2 rings (SSSR count). The number of fused-ring (bicyclic) bond motifs is 1. The minimum Gasteiger partial charge on any atom is -0.367 e. The van der Waals surface area contributed by atoms with Crippen molar-refractivity contribution in [3.63, 3.8) is 0 Å². The number of rotatable bonds is 4. The first-order chi connectivity index (χ1) is 8.08. The second kappa shape index (κ2) is 4.87. The summed E-state index contributed by atoms with van der Waals surface area (Å²) in [4.78, 5) is 8.44. The molecular formula is C11H16ClN5. The van der Waals surface area contributed by atoms with Gasteiger partial charge < -0.3 is 5.32 Å². The summed E-state index contributed by atoms with van der Waals surface area (Å²) in [5.41, 5.74) is 0.827. The molecule has 5 nitrogen and oxygen atoms in total. The number of aryl methyl sites for hydroxylation is 1. The van der Waals surface area contributed by atoms with Gasteiger partial charge in [-0.2, -0.15) is 5.10 Å². The van der Waals surface area contributed by atoms with Crippen LogP contribution in [0.2, 0.25) is 0 Å². The molecule has 0 aliphatic carbocycles. The lowest BCUT2D eigenvalue weighted by Gasteiger charge is -2.15. The molecule has 17 heavy (non-hydrogen) atoms. The van der Waals surface area contributed by atoms with E-state index in [-0.39, 0.29) is 11.4 Å². The first-order valence-corrected chi connectivity index (χ1v) is 6.05. The highest BCUT2D eigenvalue weighted by atomic mass is 35.5. The quantitative estimate of drug-likeness (QED) is 0.849. The van der Waals surface area contributed by atoms with Gasteiger partial charge in [0.15, 0.2) is 5.65 Å². The molecule has 2 unspecified atom stereocenters. The Morgan fingerprint density at radius 3 is 2.88 bits per heavy atom. The van der Waals surface area contributed by atoms with Crippen LogP contribution >= 0.6 is 11.6 Å². The van der Waals surface area contributed by atoms with Gasteiger partial charge in [0.2, 0.25) is 0 Å². The summed E-state index contributed by atoms with van der Waals surface area (Å²) in [5, 5.41) is 8.59.